The molecule has 0 spiro atoms. The number of aliphatic hydroxyl groups is 2. The molecule has 0 unspecified atom stereocenters. The summed E-state index contributed by atoms with van der Waals surface area (Å²) in [5, 5.41) is 26.8. The molecule has 0 aromatic rings. The Labute approximate surface area is 73.4 Å². The van der Waals surface area contributed by atoms with Gasteiger partial charge in [0.2, 0.25) is 0 Å². The van der Waals surface area contributed by atoms with Crippen molar-refractivity contribution in [2.75, 3.05) is 0 Å². The number of carboxylic acids is 1. The summed E-state index contributed by atoms with van der Waals surface area (Å²) in [6.45, 7) is 0. The summed E-state index contributed by atoms with van der Waals surface area (Å²) in [7, 11) is 0. The largest absolute Gasteiger partial charge is 0.478 e. The van der Waals surface area contributed by atoms with E-state index in [1.165, 1.54) is 12.2 Å². The van der Waals surface area contributed by atoms with Crippen LogP contribution in [0.2, 0.25) is 0 Å². The van der Waals surface area contributed by atoms with Crippen LogP contribution < -0.4 is 0 Å². The Balaban J connectivity index is 2.97. The average Bonchev–Trinajstić information content (AvgIpc) is 2.00. The van der Waals surface area contributed by atoms with Gasteiger partial charge in [0.1, 0.15) is 12.2 Å². The molecule has 1 aliphatic rings. The third-order valence-corrected chi connectivity index (χ3v) is 1.92. The Kier molecular flexibility index (Phi) is 2.52. The monoisotopic (exact) mass is 190 g/mol. The van der Waals surface area contributed by atoms with Crippen LogP contribution in [0.3, 0.4) is 0 Å². The molecule has 66 valence electrons. The average molecular weight is 191 g/mol. The van der Waals surface area contributed by atoms with E-state index >= 15 is 0 Å². The van der Waals surface area contributed by atoms with Crippen LogP contribution >= 0.6 is 11.6 Å². The number of rotatable bonds is 1. The van der Waals surface area contributed by atoms with Crippen LogP contribution in [0, 0.1) is 0 Å². The van der Waals surface area contributed by atoms with Crippen molar-refractivity contribution in [2.24, 2.45) is 0 Å². The summed E-state index contributed by atoms with van der Waals surface area (Å²) >= 11 is 5.45. The fourth-order valence-electron chi connectivity index (χ4n) is 0.885. The standard InChI is InChI=1S/C7H7ClO4/c8-4-2-1-3(7(11)12)5(9)6(4)10/h1-2,5-6,9-10H,(H,11,12)/t5-,6+/m0/s1. The van der Waals surface area contributed by atoms with E-state index in [4.69, 9.17) is 26.9 Å². The summed E-state index contributed by atoms with van der Waals surface area (Å²) < 4.78 is 0. The van der Waals surface area contributed by atoms with Gasteiger partial charge in [-0.2, -0.15) is 0 Å². The quantitative estimate of drug-likeness (QED) is 0.538. The van der Waals surface area contributed by atoms with E-state index in [1.807, 2.05) is 0 Å². The van der Waals surface area contributed by atoms with E-state index in [2.05, 4.69) is 0 Å². The van der Waals surface area contributed by atoms with Gasteiger partial charge in [0.15, 0.2) is 0 Å². The van der Waals surface area contributed by atoms with E-state index in [-0.39, 0.29) is 10.6 Å². The molecule has 0 bridgehead atoms. The molecular weight excluding hydrogens is 184 g/mol. The molecule has 12 heavy (non-hydrogen) atoms. The molecule has 4 nitrogen and oxygen atoms in total. The predicted molar refractivity (Wildman–Crippen MR) is 41.7 cm³/mol. The van der Waals surface area contributed by atoms with Crippen molar-refractivity contribution in [1.82, 2.24) is 0 Å². The highest BCUT2D eigenvalue weighted by molar-refractivity contribution is 6.30. The Morgan fingerprint density at radius 1 is 1.33 bits per heavy atom. The second kappa shape index (κ2) is 3.26. The zero-order valence-corrected chi connectivity index (χ0v) is 6.69. The lowest BCUT2D eigenvalue weighted by molar-refractivity contribution is -0.134. The van der Waals surface area contributed by atoms with Crippen molar-refractivity contribution in [1.29, 1.82) is 0 Å². The molecule has 5 heteroatoms. The third-order valence-electron chi connectivity index (χ3n) is 1.57. The van der Waals surface area contributed by atoms with Crippen molar-refractivity contribution in [3.8, 4) is 0 Å². The van der Waals surface area contributed by atoms with Gasteiger partial charge in [-0.25, -0.2) is 4.79 Å². The molecular formula is C7H7ClO4. The molecule has 0 aromatic heterocycles. The lowest BCUT2D eigenvalue weighted by atomic mass is 9.99. The molecule has 1 rings (SSSR count). The molecule has 0 saturated carbocycles. The van der Waals surface area contributed by atoms with Crippen LogP contribution in [0.5, 0.6) is 0 Å². The molecule has 1 aliphatic carbocycles. The topological polar surface area (TPSA) is 77.8 Å². The minimum Gasteiger partial charge on any atom is -0.478 e. The van der Waals surface area contributed by atoms with Crippen LogP contribution in [-0.4, -0.2) is 33.5 Å². The van der Waals surface area contributed by atoms with Gasteiger partial charge in [-0.15, -0.1) is 0 Å². The van der Waals surface area contributed by atoms with Crippen molar-refractivity contribution in [2.45, 2.75) is 12.2 Å². The maximum atomic E-state index is 10.4. The van der Waals surface area contributed by atoms with Crippen LogP contribution in [0.15, 0.2) is 22.8 Å². The first-order chi connectivity index (χ1) is 5.54. The number of carbonyl (C=O) groups is 1. The predicted octanol–water partition coefficient (Wildman–Crippen LogP) is -0.144. The number of hydrogen-bond donors (Lipinski definition) is 3. The van der Waals surface area contributed by atoms with Crippen molar-refractivity contribution < 1.29 is 20.1 Å². The molecule has 0 radical (unpaired) electrons. The Bertz CT molecular complexity index is 269. The number of halogens is 1. The zero-order valence-electron chi connectivity index (χ0n) is 5.94. The summed E-state index contributed by atoms with van der Waals surface area (Å²) in [6, 6.07) is 0. The van der Waals surface area contributed by atoms with E-state index in [0.717, 1.165) is 0 Å². The van der Waals surface area contributed by atoms with Crippen molar-refractivity contribution in [3.05, 3.63) is 22.8 Å². The Hall–Kier alpha value is -0.840. The Morgan fingerprint density at radius 2 is 1.92 bits per heavy atom. The minimum atomic E-state index is -1.44. The first-order valence-electron chi connectivity index (χ1n) is 3.20. The van der Waals surface area contributed by atoms with Gasteiger partial charge in [0.25, 0.3) is 0 Å². The highest BCUT2D eigenvalue weighted by atomic mass is 35.5. The summed E-state index contributed by atoms with van der Waals surface area (Å²) in [5.74, 6) is -1.26. The van der Waals surface area contributed by atoms with Crippen LogP contribution in [0.1, 0.15) is 0 Å². The Morgan fingerprint density at radius 3 is 2.42 bits per heavy atom. The smallest absolute Gasteiger partial charge is 0.334 e. The molecule has 0 amide bonds. The SMILES string of the molecule is O=C(O)C1=CC=C(Cl)[C@@H](O)[C@H]1O. The zero-order chi connectivity index (χ0) is 9.30. The highest BCUT2D eigenvalue weighted by Crippen LogP contribution is 2.22. The second-order valence-electron chi connectivity index (χ2n) is 2.37. The number of allylic oxidation sites excluding steroid dienone is 2. The van der Waals surface area contributed by atoms with E-state index < -0.39 is 18.2 Å². The molecule has 0 aromatic carbocycles. The van der Waals surface area contributed by atoms with Crippen LogP contribution in [-0.2, 0) is 4.79 Å². The van der Waals surface area contributed by atoms with Crippen LogP contribution in [0.25, 0.3) is 0 Å². The van der Waals surface area contributed by atoms with Crippen molar-refractivity contribution >= 4 is 17.6 Å². The molecule has 0 heterocycles. The number of carboxylic acid groups (broad SMARTS) is 1. The van der Waals surface area contributed by atoms with Gasteiger partial charge in [0, 0.05) is 5.03 Å². The second-order valence-corrected chi connectivity index (χ2v) is 2.80. The lowest BCUT2D eigenvalue weighted by Gasteiger charge is -2.20. The van der Waals surface area contributed by atoms with E-state index in [1.54, 1.807) is 0 Å². The third kappa shape index (κ3) is 1.50. The van der Waals surface area contributed by atoms with Gasteiger partial charge in [-0.3, -0.25) is 0 Å². The van der Waals surface area contributed by atoms with Gasteiger partial charge >= 0.3 is 5.97 Å². The fraction of sp³-hybridized carbons (Fsp3) is 0.286. The summed E-state index contributed by atoms with van der Waals surface area (Å²) in [6.07, 6.45) is -0.354. The molecule has 0 aliphatic heterocycles. The first-order valence-corrected chi connectivity index (χ1v) is 3.58. The maximum absolute atomic E-state index is 10.4. The first kappa shape index (κ1) is 9.25. The van der Waals surface area contributed by atoms with Gasteiger partial charge in [-0.05, 0) is 12.2 Å². The highest BCUT2D eigenvalue weighted by Gasteiger charge is 2.29. The molecule has 2 atom stereocenters. The van der Waals surface area contributed by atoms with Crippen molar-refractivity contribution in [3.63, 3.8) is 0 Å². The summed E-state index contributed by atoms with van der Waals surface area (Å²) in [5.41, 5.74) is -0.257. The minimum absolute atomic E-state index is 0.0347. The number of aliphatic hydroxyl groups excluding tert-OH is 2. The van der Waals surface area contributed by atoms with Crippen LogP contribution in [0.4, 0.5) is 0 Å². The molecule has 3 N–H and O–H groups in total. The number of aliphatic carboxylic acids is 1. The van der Waals surface area contributed by atoms with E-state index in [0.29, 0.717) is 0 Å². The van der Waals surface area contributed by atoms with Gasteiger partial charge < -0.3 is 15.3 Å². The van der Waals surface area contributed by atoms with E-state index in [9.17, 15) is 4.79 Å². The van der Waals surface area contributed by atoms with Gasteiger partial charge in [-0.1, -0.05) is 11.6 Å². The maximum Gasteiger partial charge on any atom is 0.334 e. The lowest BCUT2D eigenvalue weighted by Crippen LogP contribution is -2.33. The number of hydrogen-bond acceptors (Lipinski definition) is 3. The fourth-order valence-corrected chi connectivity index (χ4v) is 1.07. The van der Waals surface area contributed by atoms with Gasteiger partial charge in [0.05, 0.1) is 5.57 Å². The normalized spacial score (nSPS) is 29.2. The summed E-state index contributed by atoms with van der Waals surface area (Å²) in [4.78, 5) is 10.4. The molecule has 0 fully saturated rings. The molecule has 0 saturated heterocycles.